The first-order chi connectivity index (χ1) is 9.16. The lowest BCUT2D eigenvalue weighted by Crippen LogP contribution is -2.25. The summed E-state index contributed by atoms with van der Waals surface area (Å²) in [7, 11) is 0. The number of nitrogens with one attached hydrogen (secondary N) is 1. The van der Waals surface area contributed by atoms with Crippen molar-refractivity contribution in [1.29, 1.82) is 0 Å². The molecule has 19 heavy (non-hydrogen) atoms. The van der Waals surface area contributed by atoms with Crippen molar-refractivity contribution in [2.24, 2.45) is 0 Å². The third kappa shape index (κ3) is 3.61. The highest BCUT2D eigenvalue weighted by molar-refractivity contribution is 5.94. The maximum atomic E-state index is 12.9. The van der Waals surface area contributed by atoms with Crippen molar-refractivity contribution < 1.29 is 13.6 Å². The van der Waals surface area contributed by atoms with Gasteiger partial charge in [-0.05, 0) is 30.7 Å². The van der Waals surface area contributed by atoms with Crippen LogP contribution >= 0.6 is 0 Å². The van der Waals surface area contributed by atoms with Gasteiger partial charge in [0.1, 0.15) is 0 Å². The second-order valence-electron chi connectivity index (χ2n) is 4.01. The second-order valence-corrected chi connectivity index (χ2v) is 4.01. The lowest BCUT2D eigenvalue weighted by atomic mass is 10.2. The molecule has 0 radical (unpaired) electrons. The highest BCUT2D eigenvalue weighted by Crippen LogP contribution is 2.08. The molecule has 0 atom stereocenters. The summed E-state index contributed by atoms with van der Waals surface area (Å²) in [6.45, 7) is 1.13. The van der Waals surface area contributed by atoms with Gasteiger partial charge in [0, 0.05) is 31.0 Å². The van der Waals surface area contributed by atoms with Crippen LogP contribution in [0.25, 0.3) is 0 Å². The molecule has 0 spiro atoms. The molecule has 0 aliphatic carbocycles. The summed E-state index contributed by atoms with van der Waals surface area (Å²) >= 11 is 0. The van der Waals surface area contributed by atoms with Gasteiger partial charge in [-0.25, -0.2) is 8.78 Å². The molecule has 0 saturated carbocycles. The van der Waals surface area contributed by atoms with Crippen molar-refractivity contribution >= 4 is 5.91 Å². The fourth-order valence-electron chi connectivity index (χ4n) is 1.62. The third-order valence-electron chi connectivity index (χ3n) is 2.59. The molecule has 6 heteroatoms. The Morgan fingerprint density at radius 1 is 1.32 bits per heavy atom. The van der Waals surface area contributed by atoms with Crippen molar-refractivity contribution in [3.05, 3.63) is 53.9 Å². The second kappa shape index (κ2) is 6.08. The zero-order chi connectivity index (χ0) is 13.7. The number of hydrogen-bond donors (Lipinski definition) is 1. The highest BCUT2D eigenvalue weighted by Gasteiger charge is 2.08. The fraction of sp³-hybridized carbons (Fsp3) is 0.231. The molecule has 0 unspecified atom stereocenters. The van der Waals surface area contributed by atoms with E-state index in [1.807, 2.05) is 12.3 Å². The number of amides is 1. The normalized spacial score (nSPS) is 10.4. The van der Waals surface area contributed by atoms with E-state index in [0.29, 0.717) is 19.5 Å². The van der Waals surface area contributed by atoms with Gasteiger partial charge in [0.2, 0.25) is 0 Å². The largest absolute Gasteiger partial charge is 0.352 e. The molecule has 2 aromatic rings. The SMILES string of the molecule is O=C(NCCCn1cccn1)c1ccc(F)c(F)c1. The molecule has 0 fully saturated rings. The molecule has 0 aliphatic heterocycles. The molecule has 1 N–H and O–H groups in total. The van der Waals surface area contributed by atoms with Gasteiger partial charge in [-0.1, -0.05) is 0 Å². The van der Waals surface area contributed by atoms with Crippen molar-refractivity contribution in [2.75, 3.05) is 6.54 Å². The lowest BCUT2D eigenvalue weighted by molar-refractivity contribution is 0.0952. The van der Waals surface area contributed by atoms with Crippen LogP contribution in [0.15, 0.2) is 36.7 Å². The van der Waals surface area contributed by atoms with Crippen LogP contribution in [0.5, 0.6) is 0 Å². The van der Waals surface area contributed by atoms with Gasteiger partial charge in [-0.2, -0.15) is 5.10 Å². The summed E-state index contributed by atoms with van der Waals surface area (Å²) in [6.07, 6.45) is 4.22. The lowest BCUT2D eigenvalue weighted by Gasteiger charge is -2.05. The maximum Gasteiger partial charge on any atom is 0.251 e. The predicted molar refractivity (Wildman–Crippen MR) is 65.5 cm³/mol. The van der Waals surface area contributed by atoms with Crippen molar-refractivity contribution in [1.82, 2.24) is 15.1 Å². The zero-order valence-corrected chi connectivity index (χ0v) is 10.1. The monoisotopic (exact) mass is 265 g/mol. The molecule has 1 heterocycles. The molecule has 0 aliphatic rings. The molecule has 1 aromatic carbocycles. The van der Waals surface area contributed by atoms with Crippen LogP contribution in [0.4, 0.5) is 8.78 Å². The van der Waals surface area contributed by atoms with Crippen molar-refractivity contribution in [2.45, 2.75) is 13.0 Å². The number of carbonyl (C=O) groups is 1. The summed E-state index contributed by atoms with van der Waals surface area (Å²) < 4.78 is 27.4. The minimum Gasteiger partial charge on any atom is -0.352 e. The Bertz CT molecular complexity index is 555. The Hall–Kier alpha value is -2.24. The molecule has 1 aromatic heterocycles. The molecule has 4 nitrogen and oxygen atoms in total. The number of benzene rings is 1. The topological polar surface area (TPSA) is 46.9 Å². The van der Waals surface area contributed by atoms with E-state index >= 15 is 0 Å². The number of hydrogen-bond acceptors (Lipinski definition) is 2. The number of aryl methyl sites for hydroxylation is 1. The average Bonchev–Trinajstić information content (AvgIpc) is 2.91. The number of aromatic nitrogens is 2. The van der Waals surface area contributed by atoms with Gasteiger partial charge in [-0.15, -0.1) is 0 Å². The predicted octanol–water partition coefficient (Wildman–Crippen LogP) is 1.98. The summed E-state index contributed by atoms with van der Waals surface area (Å²) in [5.41, 5.74) is 0.109. The number of carbonyl (C=O) groups excluding carboxylic acids is 1. The zero-order valence-electron chi connectivity index (χ0n) is 10.1. The van der Waals surface area contributed by atoms with E-state index in [4.69, 9.17) is 0 Å². The number of rotatable bonds is 5. The van der Waals surface area contributed by atoms with Gasteiger partial charge in [0.15, 0.2) is 11.6 Å². The molecule has 0 bridgehead atoms. The van der Waals surface area contributed by atoms with E-state index in [1.165, 1.54) is 6.07 Å². The third-order valence-corrected chi connectivity index (χ3v) is 2.59. The van der Waals surface area contributed by atoms with Gasteiger partial charge in [0.05, 0.1) is 0 Å². The van der Waals surface area contributed by atoms with Crippen molar-refractivity contribution in [3.8, 4) is 0 Å². The number of halogens is 2. The minimum atomic E-state index is -1.02. The Balaban J connectivity index is 1.79. The quantitative estimate of drug-likeness (QED) is 0.840. The summed E-state index contributed by atoms with van der Waals surface area (Å²) in [5.74, 6) is -2.40. The first-order valence-electron chi connectivity index (χ1n) is 5.87. The minimum absolute atomic E-state index is 0.109. The maximum absolute atomic E-state index is 12.9. The molecule has 2 rings (SSSR count). The Kier molecular flexibility index (Phi) is 4.22. The first-order valence-corrected chi connectivity index (χ1v) is 5.87. The van der Waals surface area contributed by atoms with Crippen LogP contribution in [0.1, 0.15) is 16.8 Å². The number of nitrogens with zero attached hydrogens (tertiary/aromatic N) is 2. The van der Waals surface area contributed by atoms with E-state index in [9.17, 15) is 13.6 Å². The van der Waals surface area contributed by atoms with E-state index in [-0.39, 0.29) is 5.56 Å². The van der Waals surface area contributed by atoms with E-state index in [2.05, 4.69) is 10.4 Å². The summed E-state index contributed by atoms with van der Waals surface area (Å²) in [6, 6.07) is 4.90. The standard InChI is InChI=1S/C13H13F2N3O/c14-11-4-3-10(9-12(11)15)13(19)16-5-1-7-18-8-2-6-17-18/h2-4,6,8-9H,1,5,7H2,(H,16,19). The summed E-state index contributed by atoms with van der Waals surface area (Å²) in [4.78, 5) is 11.6. The highest BCUT2D eigenvalue weighted by atomic mass is 19.2. The molecule has 1 amide bonds. The van der Waals surface area contributed by atoms with Gasteiger partial charge >= 0.3 is 0 Å². The Labute approximate surface area is 109 Å². The van der Waals surface area contributed by atoms with E-state index in [1.54, 1.807) is 10.9 Å². The van der Waals surface area contributed by atoms with Crippen LogP contribution in [0.3, 0.4) is 0 Å². The molecular formula is C13H13F2N3O. The van der Waals surface area contributed by atoms with Crippen LogP contribution in [0.2, 0.25) is 0 Å². The van der Waals surface area contributed by atoms with E-state index < -0.39 is 17.5 Å². The van der Waals surface area contributed by atoms with Crippen LogP contribution in [-0.4, -0.2) is 22.2 Å². The van der Waals surface area contributed by atoms with Gasteiger partial charge in [0.25, 0.3) is 5.91 Å². The van der Waals surface area contributed by atoms with Crippen LogP contribution in [0, 0.1) is 11.6 Å². The van der Waals surface area contributed by atoms with Crippen LogP contribution < -0.4 is 5.32 Å². The Morgan fingerprint density at radius 3 is 2.84 bits per heavy atom. The van der Waals surface area contributed by atoms with Gasteiger partial charge in [-0.3, -0.25) is 9.48 Å². The van der Waals surface area contributed by atoms with Crippen LogP contribution in [-0.2, 0) is 6.54 Å². The molecular weight excluding hydrogens is 252 g/mol. The smallest absolute Gasteiger partial charge is 0.251 e. The average molecular weight is 265 g/mol. The first kappa shape index (κ1) is 13.2. The Morgan fingerprint density at radius 2 is 2.16 bits per heavy atom. The van der Waals surface area contributed by atoms with E-state index in [0.717, 1.165) is 12.1 Å². The molecule has 100 valence electrons. The summed E-state index contributed by atoms with van der Waals surface area (Å²) in [5, 5.41) is 6.66. The van der Waals surface area contributed by atoms with Gasteiger partial charge < -0.3 is 5.32 Å². The molecule has 0 saturated heterocycles. The fourth-order valence-corrected chi connectivity index (χ4v) is 1.62. The van der Waals surface area contributed by atoms with Crippen molar-refractivity contribution in [3.63, 3.8) is 0 Å².